The molecule has 2 aromatic rings. The maximum Gasteiger partial charge on any atom is 0.328 e. The summed E-state index contributed by atoms with van der Waals surface area (Å²) in [5, 5.41) is 4.81. The molecule has 0 aliphatic heterocycles. The summed E-state index contributed by atoms with van der Waals surface area (Å²) in [6, 6.07) is 10.3. The third-order valence-electron chi connectivity index (χ3n) is 4.50. The highest BCUT2D eigenvalue weighted by atomic mass is 32.2. The summed E-state index contributed by atoms with van der Waals surface area (Å²) in [6.07, 6.45) is 0.524. The van der Waals surface area contributed by atoms with Crippen molar-refractivity contribution in [3.05, 3.63) is 59.7 Å². The van der Waals surface area contributed by atoms with Crippen LogP contribution in [0.4, 0.5) is 9.59 Å². The van der Waals surface area contributed by atoms with Gasteiger partial charge in [-0.25, -0.2) is 35.9 Å². The number of urea groups is 2. The predicted octanol–water partition coefficient (Wildman–Crippen LogP) is 2.13. The van der Waals surface area contributed by atoms with Crippen molar-refractivity contribution in [1.29, 1.82) is 0 Å². The Morgan fingerprint density at radius 1 is 0.676 bits per heavy atom. The van der Waals surface area contributed by atoms with E-state index in [0.29, 0.717) is 4.86 Å². The number of nitrogens with one attached hydrogen (secondary N) is 4. The average molecular weight is 527 g/mol. The van der Waals surface area contributed by atoms with Crippen LogP contribution < -0.4 is 20.1 Å². The van der Waals surface area contributed by atoms with Gasteiger partial charge in [-0.3, -0.25) is 0 Å². The minimum absolute atomic E-state index is 0.0301. The number of sulfonamides is 2. The van der Waals surface area contributed by atoms with Crippen LogP contribution in [0.15, 0.2) is 58.3 Å². The summed E-state index contributed by atoms with van der Waals surface area (Å²) in [4.78, 5) is 24.2. The molecule has 0 fully saturated rings. The lowest BCUT2D eigenvalue weighted by atomic mass is 10.2. The molecule has 0 spiro atoms. The van der Waals surface area contributed by atoms with E-state index in [4.69, 9.17) is 12.2 Å². The van der Waals surface area contributed by atoms with Crippen LogP contribution in [0.3, 0.4) is 0 Å². The van der Waals surface area contributed by atoms with E-state index in [2.05, 4.69) is 10.6 Å². The standard InChI is InChI=1S/C21H26N4O6S3/c1-15-3-7-18(8-4-15)33(28,29)24-20(26)22-13-11-17(32)12-14-23-21(27)25-34(30,31)19-9-5-16(2)6-10-19/h3-10H,11-14H2,1-2H3,(H2,22,24,26)(H2,23,25,27). The molecule has 0 heterocycles. The first-order valence-electron chi connectivity index (χ1n) is 10.2. The molecular formula is C21H26N4O6S3. The van der Waals surface area contributed by atoms with Crippen molar-refractivity contribution in [2.24, 2.45) is 0 Å². The number of carbonyl (C=O) groups excluding carboxylic acids is 2. The Balaban J connectivity index is 1.68. The Bertz CT molecular complexity index is 1140. The molecule has 0 saturated carbocycles. The molecule has 34 heavy (non-hydrogen) atoms. The van der Waals surface area contributed by atoms with Crippen molar-refractivity contribution in [3.8, 4) is 0 Å². The van der Waals surface area contributed by atoms with Crippen LogP contribution in [0.5, 0.6) is 0 Å². The van der Waals surface area contributed by atoms with E-state index in [-0.39, 0.29) is 35.7 Å². The minimum Gasteiger partial charge on any atom is -0.337 e. The number of benzene rings is 2. The average Bonchev–Trinajstić information content (AvgIpc) is 2.73. The molecule has 0 bridgehead atoms. The molecule has 184 valence electrons. The van der Waals surface area contributed by atoms with Crippen LogP contribution in [0.1, 0.15) is 24.0 Å². The third kappa shape index (κ3) is 8.72. The quantitative estimate of drug-likeness (QED) is 0.346. The van der Waals surface area contributed by atoms with E-state index < -0.39 is 32.1 Å². The summed E-state index contributed by atoms with van der Waals surface area (Å²) in [5.74, 6) is 0. The number of amides is 4. The lowest BCUT2D eigenvalue weighted by Gasteiger charge is -2.10. The highest BCUT2D eigenvalue weighted by Crippen LogP contribution is 2.10. The molecule has 13 heteroatoms. The fraction of sp³-hybridized carbons (Fsp3) is 0.286. The summed E-state index contributed by atoms with van der Waals surface area (Å²) >= 11 is 5.17. The van der Waals surface area contributed by atoms with Gasteiger partial charge in [0.15, 0.2) is 0 Å². The maximum absolute atomic E-state index is 12.2. The first-order chi connectivity index (χ1) is 15.9. The molecule has 0 aromatic heterocycles. The Morgan fingerprint density at radius 2 is 1.00 bits per heavy atom. The fourth-order valence-corrected chi connectivity index (χ4v) is 4.69. The van der Waals surface area contributed by atoms with Crippen LogP contribution in [0.2, 0.25) is 0 Å². The topological polar surface area (TPSA) is 151 Å². The fourth-order valence-electron chi connectivity index (χ4n) is 2.62. The van der Waals surface area contributed by atoms with Gasteiger partial charge in [0, 0.05) is 13.1 Å². The minimum atomic E-state index is -3.99. The first-order valence-corrected chi connectivity index (χ1v) is 13.5. The van der Waals surface area contributed by atoms with E-state index in [0.717, 1.165) is 11.1 Å². The van der Waals surface area contributed by atoms with Gasteiger partial charge in [0.1, 0.15) is 0 Å². The largest absolute Gasteiger partial charge is 0.337 e. The molecule has 4 N–H and O–H groups in total. The molecule has 0 aliphatic carbocycles. The molecule has 0 unspecified atom stereocenters. The van der Waals surface area contributed by atoms with Crippen molar-refractivity contribution in [1.82, 2.24) is 20.1 Å². The number of rotatable bonds is 10. The zero-order valence-electron chi connectivity index (χ0n) is 18.6. The van der Waals surface area contributed by atoms with Crippen molar-refractivity contribution in [2.75, 3.05) is 13.1 Å². The van der Waals surface area contributed by atoms with E-state index >= 15 is 0 Å². The summed E-state index contributed by atoms with van der Waals surface area (Å²) < 4.78 is 52.5. The van der Waals surface area contributed by atoms with Gasteiger partial charge in [-0.15, -0.1) is 0 Å². The van der Waals surface area contributed by atoms with Gasteiger partial charge in [0.25, 0.3) is 20.0 Å². The van der Waals surface area contributed by atoms with Gasteiger partial charge in [0.05, 0.1) is 9.79 Å². The van der Waals surface area contributed by atoms with Gasteiger partial charge in [-0.1, -0.05) is 47.6 Å². The summed E-state index contributed by atoms with van der Waals surface area (Å²) in [7, 11) is -7.97. The second kappa shape index (κ2) is 11.9. The highest BCUT2D eigenvalue weighted by molar-refractivity contribution is 7.90. The Labute approximate surface area is 204 Å². The van der Waals surface area contributed by atoms with Gasteiger partial charge >= 0.3 is 12.1 Å². The van der Waals surface area contributed by atoms with Crippen molar-refractivity contribution in [3.63, 3.8) is 0 Å². The monoisotopic (exact) mass is 526 g/mol. The Kier molecular flexibility index (Phi) is 9.53. The van der Waals surface area contributed by atoms with Crippen molar-refractivity contribution >= 4 is 49.2 Å². The molecule has 10 nitrogen and oxygen atoms in total. The molecule has 4 amide bonds. The van der Waals surface area contributed by atoms with Gasteiger partial charge in [-0.2, -0.15) is 0 Å². The van der Waals surface area contributed by atoms with E-state index in [1.54, 1.807) is 24.3 Å². The van der Waals surface area contributed by atoms with Crippen molar-refractivity contribution < 1.29 is 26.4 Å². The molecule has 0 saturated heterocycles. The van der Waals surface area contributed by atoms with Gasteiger partial charge in [-0.05, 0) is 55.8 Å². The second-order valence-electron chi connectivity index (χ2n) is 7.39. The maximum atomic E-state index is 12.2. The number of thiocarbonyl (C=S) groups is 1. The van der Waals surface area contributed by atoms with Crippen LogP contribution in [-0.4, -0.2) is 46.9 Å². The zero-order chi connectivity index (χ0) is 25.4. The lowest BCUT2D eigenvalue weighted by Crippen LogP contribution is -2.41. The predicted molar refractivity (Wildman–Crippen MR) is 132 cm³/mol. The van der Waals surface area contributed by atoms with Crippen LogP contribution in [-0.2, 0) is 20.0 Å². The van der Waals surface area contributed by atoms with Crippen molar-refractivity contribution in [2.45, 2.75) is 36.5 Å². The smallest absolute Gasteiger partial charge is 0.328 e. The Morgan fingerprint density at radius 3 is 1.32 bits per heavy atom. The zero-order valence-corrected chi connectivity index (χ0v) is 21.1. The molecule has 2 aromatic carbocycles. The second-order valence-corrected chi connectivity index (χ2v) is 11.3. The van der Waals surface area contributed by atoms with Gasteiger partial charge in [0.2, 0.25) is 0 Å². The van der Waals surface area contributed by atoms with Crippen LogP contribution >= 0.6 is 12.2 Å². The summed E-state index contributed by atoms with van der Waals surface area (Å²) in [6.45, 7) is 3.80. The third-order valence-corrected chi connectivity index (χ3v) is 7.60. The van der Waals surface area contributed by atoms with E-state index in [1.165, 1.54) is 24.3 Å². The number of hydrogen-bond donors (Lipinski definition) is 4. The molecule has 0 radical (unpaired) electrons. The summed E-state index contributed by atoms with van der Waals surface area (Å²) in [5.41, 5.74) is 1.77. The normalized spacial score (nSPS) is 11.4. The molecule has 2 rings (SSSR count). The van der Waals surface area contributed by atoms with E-state index in [9.17, 15) is 26.4 Å². The number of hydrogen-bond acceptors (Lipinski definition) is 7. The van der Waals surface area contributed by atoms with Gasteiger partial charge < -0.3 is 10.6 Å². The first kappa shape index (κ1) is 27.2. The van der Waals surface area contributed by atoms with Crippen LogP contribution in [0, 0.1) is 13.8 Å². The highest BCUT2D eigenvalue weighted by Gasteiger charge is 2.18. The Hall–Kier alpha value is -3.03. The number of carbonyl (C=O) groups is 2. The molecule has 0 aliphatic rings. The molecular weight excluding hydrogens is 500 g/mol. The SMILES string of the molecule is Cc1ccc(S(=O)(=O)NC(=O)NCCC(=S)CCNC(=O)NS(=O)(=O)c2ccc(C)cc2)cc1. The van der Waals surface area contributed by atoms with Crippen LogP contribution in [0.25, 0.3) is 0 Å². The molecule has 0 atom stereocenters. The van der Waals surface area contributed by atoms with E-state index in [1.807, 2.05) is 23.3 Å². The number of aryl methyl sites for hydroxylation is 2. The lowest BCUT2D eigenvalue weighted by molar-refractivity contribution is 0.245.